The van der Waals surface area contributed by atoms with Gasteiger partial charge in [0.15, 0.2) is 0 Å². The Kier molecular flexibility index (Phi) is 5.60. The number of rotatable bonds is 7. The van der Waals surface area contributed by atoms with Crippen molar-refractivity contribution >= 4 is 11.7 Å². The van der Waals surface area contributed by atoms with E-state index in [1.165, 1.54) is 6.07 Å². The average Bonchev–Trinajstić information content (AvgIpc) is 2.48. The first kappa shape index (κ1) is 16.5. The van der Waals surface area contributed by atoms with Crippen LogP contribution in [0.4, 0.5) is 14.9 Å². The zero-order valence-corrected chi connectivity index (χ0v) is 12.9. The van der Waals surface area contributed by atoms with Gasteiger partial charge in [-0.25, -0.2) is 9.18 Å². The largest absolute Gasteiger partial charge is 0.388 e. The van der Waals surface area contributed by atoms with Crippen LogP contribution in [0.1, 0.15) is 25.7 Å². The third kappa shape index (κ3) is 4.59. The number of carbonyl (C=O) groups excluding carboxylic acids is 1. The highest BCUT2D eigenvalue weighted by Crippen LogP contribution is 2.30. The van der Waals surface area contributed by atoms with Gasteiger partial charge < -0.3 is 20.6 Å². The number of carbonyl (C=O) groups is 1. The molecule has 0 atom stereocenters. The molecule has 0 heterocycles. The zero-order chi connectivity index (χ0) is 16.0. The lowest BCUT2D eigenvalue weighted by Crippen LogP contribution is -2.50. The maximum atomic E-state index is 13.6. The number of nitrogens with zero attached hydrogens (tertiary/aromatic N) is 1. The molecule has 0 spiro atoms. The van der Waals surface area contributed by atoms with Gasteiger partial charge in [0.05, 0.1) is 11.3 Å². The second-order valence-electron chi connectivity index (χ2n) is 5.91. The predicted molar refractivity (Wildman–Crippen MR) is 84.5 cm³/mol. The molecule has 22 heavy (non-hydrogen) atoms. The second-order valence-corrected chi connectivity index (χ2v) is 5.91. The number of para-hydroxylation sites is 1. The molecule has 2 rings (SSSR count). The van der Waals surface area contributed by atoms with Gasteiger partial charge >= 0.3 is 6.03 Å². The van der Waals surface area contributed by atoms with Crippen molar-refractivity contribution in [2.45, 2.75) is 31.3 Å². The Morgan fingerprint density at radius 3 is 2.73 bits per heavy atom. The molecule has 122 valence electrons. The number of urea groups is 1. The van der Waals surface area contributed by atoms with Gasteiger partial charge in [-0.3, -0.25) is 0 Å². The summed E-state index contributed by atoms with van der Waals surface area (Å²) in [5.41, 5.74) is -0.151. The third-order valence-corrected chi connectivity index (χ3v) is 4.08. The maximum absolute atomic E-state index is 13.6. The van der Waals surface area contributed by atoms with E-state index in [2.05, 4.69) is 10.6 Å². The van der Waals surface area contributed by atoms with Crippen LogP contribution in [0.25, 0.3) is 0 Å². The van der Waals surface area contributed by atoms with Crippen molar-refractivity contribution in [1.29, 1.82) is 0 Å². The maximum Gasteiger partial charge on any atom is 0.314 e. The van der Waals surface area contributed by atoms with Gasteiger partial charge in [-0.2, -0.15) is 0 Å². The van der Waals surface area contributed by atoms with Crippen LogP contribution in [-0.2, 0) is 0 Å². The van der Waals surface area contributed by atoms with E-state index in [-0.39, 0.29) is 11.8 Å². The number of amides is 2. The molecule has 0 radical (unpaired) electrons. The van der Waals surface area contributed by atoms with Crippen molar-refractivity contribution in [3.05, 3.63) is 30.1 Å². The fraction of sp³-hybridized carbons (Fsp3) is 0.562. The lowest BCUT2D eigenvalue weighted by Gasteiger charge is -2.36. The Morgan fingerprint density at radius 2 is 2.09 bits per heavy atom. The van der Waals surface area contributed by atoms with Crippen molar-refractivity contribution < 1.29 is 14.3 Å². The Labute approximate surface area is 130 Å². The van der Waals surface area contributed by atoms with E-state index >= 15 is 0 Å². The molecule has 1 saturated carbocycles. The minimum absolute atomic E-state index is 0.246. The van der Waals surface area contributed by atoms with Crippen LogP contribution >= 0.6 is 0 Å². The zero-order valence-electron chi connectivity index (χ0n) is 12.9. The van der Waals surface area contributed by atoms with Gasteiger partial charge in [-0.05, 0) is 37.8 Å². The van der Waals surface area contributed by atoms with Crippen molar-refractivity contribution in [2.24, 2.45) is 0 Å². The van der Waals surface area contributed by atoms with Crippen LogP contribution < -0.4 is 15.5 Å². The molecule has 3 N–H and O–H groups in total. The predicted octanol–water partition coefficient (Wildman–Crippen LogP) is 1.87. The fourth-order valence-corrected chi connectivity index (χ4v) is 2.47. The highest BCUT2D eigenvalue weighted by molar-refractivity contribution is 5.73. The number of hydrogen-bond acceptors (Lipinski definition) is 3. The molecule has 1 fully saturated rings. The molecular formula is C16H24FN3O2. The molecule has 0 unspecified atom stereocenters. The molecule has 1 aliphatic carbocycles. The summed E-state index contributed by atoms with van der Waals surface area (Å²) in [6.07, 6.45) is 3.23. The summed E-state index contributed by atoms with van der Waals surface area (Å²) in [6, 6.07) is 6.35. The van der Waals surface area contributed by atoms with Gasteiger partial charge in [0.25, 0.3) is 0 Å². The number of nitrogens with one attached hydrogen (secondary N) is 2. The lowest BCUT2D eigenvalue weighted by atomic mass is 9.80. The summed E-state index contributed by atoms with van der Waals surface area (Å²) >= 11 is 0. The molecule has 0 bridgehead atoms. The summed E-state index contributed by atoms with van der Waals surface area (Å²) in [5.74, 6) is -0.246. The second kappa shape index (κ2) is 7.45. The van der Waals surface area contributed by atoms with Gasteiger partial charge in [-0.1, -0.05) is 12.1 Å². The highest BCUT2D eigenvalue weighted by Gasteiger charge is 2.34. The molecule has 2 amide bonds. The summed E-state index contributed by atoms with van der Waals surface area (Å²) in [4.78, 5) is 13.4. The van der Waals surface area contributed by atoms with Crippen LogP contribution in [0.2, 0.25) is 0 Å². The van der Waals surface area contributed by atoms with E-state index in [0.717, 1.165) is 19.3 Å². The molecule has 1 aromatic rings. The minimum atomic E-state index is -0.706. The highest BCUT2D eigenvalue weighted by atomic mass is 19.1. The first-order chi connectivity index (χ1) is 10.5. The molecule has 0 aliphatic heterocycles. The topological polar surface area (TPSA) is 64.6 Å². The van der Waals surface area contributed by atoms with Crippen LogP contribution in [-0.4, -0.2) is 43.4 Å². The number of anilines is 1. The van der Waals surface area contributed by atoms with E-state index in [1.54, 1.807) is 18.2 Å². The number of aliphatic hydroxyl groups is 1. The van der Waals surface area contributed by atoms with Crippen LogP contribution in [0.15, 0.2) is 24.3 Å². The fourth-order valence-electron chi connectivity index (χ4n) is 2.47. The minimum Gasteiger partial charge on any atom is -0.388 e. The quantitative estimate of drug-likeness (QED) is 0.674. The van der Waals surface area contributed by atoms with Gasteiger partial charge in [0.2, 0.25) is 0 Å². The summed E-state index contributed by atoms with van der Waals surface area (Å²) < 4.78 is 13.6. The Morgan fingerprint density at radius 1 is 1.36 bits per heavy atom. The summed E-state index contributed by atoms with van der Waals surface area (Å²) in [6.45, 7) is 1.45. The van der Waals surface area contributed by atoms with E-state index in [9.17, 15) is 14.3 Å². The summed E-state index contributed by atoms with van der Waals surface area (Å²) in [7, 11) is 1.82. The van der Waals surface area contributed by atoms with E-state index < -0.39 is 5.60 Å². The smallest absolute Gasteiger partial charge is 0.314 e. The van der Waals surface area contributed by atoms with Crippen LogP contribution in [0.3, 0.4) is 0 Å². The van der Waals surface area contributed by atoms with Crippen LogP contribution in [0.5, 0.6) is 0 Å². The molecule has 1 aliphatic rings. The normalized spacial score (nSPS) is 15.8. The molecule has 1 aromatic carbocycles. The van der Waals surface area contributed by atoms with Gasteiger partial charge in [-0.15, -0.1) is 0 Å². The lowest BCUT2D eigenvalue weighted by molar-refractivity contribution is -0.0290. The standard InChI is InChI=1S/C16H24FN3O2/c1-20(14-7-3-2-6-13(14)17)11-5-10-18-15(21)19-12-16(22)8-4-9-16/h2-3,6-7,22H,4-5,8-12H2,1H3,(H2,18,19,21). The van der Waals surface area contributed by atoms with Gasteiger partial charge in [0, 0.05) is 26.7 Å². The molecule has 6 heteroatoms. The first-order valence-electron chi connectivity index (χ1n) is 7.70. The third-order valence-electron chi connectivity index (χ3n) is 4.08. The number of halogens is 1. The molecule has 0 saturated heterocycles. The first-order valence-corrected chi connectivity index (χ1v) is 7.70. The van der Waals surface area contributed by atoms with E-state index in [0.29, 0.717) is 31.7 Å². The monoisotopic (exact) mass is 309 g/mol. The number of benzene rings is 1. The van der Waals surface area contributed by atoms with Crippen molar-refractivity contribution in [1.82, 2.24) is 10.6 Å². The van der Waals surface area contributed by atoms with Gasteiger partial charge in [0.1, 0.15) is 5.82 Å². The molecule has 5 nitrogen and oxygen atoms in total. The van der Waals surface area contributed by atoms with Crippen LogP contribution in [0, 0.1) is 5.82 Å². The van der Waals surface area contributed by atoms with E-state index in [1.807, 2.05) is 11.9 Å². The Balaban J connectivity index is 1.60. The number of hydrogen-bond donors (Lipinski definition) is 3. The Bertz CT molecular complexity index is 506. The Hall–Kier alpha value is -1.82. The average molecular weight is 309 g/mol. The molecule has 0 aromatic heterocycles. The van der Waals surface area contributed by atoms with Crippen molar-refractivity contribution in [3.8, 4) is 0 Å². The summed E-state index contributed by atoms with van der Waals surface area (Å²) in [5, 5.41) is 15.3. The van der Waals surface area contributed by atoms with Crippen molar-refractivity contribution in [2.75, 3.05) is 31.6 Å². The van der Waals surface area contributed by atoms with Crippen molar-refractivity contribution in [3.63, 3.8) is 0 Å². The molecular weight excluding hydrogens is 285 g/mol. The van der Waals surface area contributed by atoms with E-state index in [4.69, 9.17) is 0 Å². The SMILES string of the molecule is CN(CCCNC(=O)NCC1(O)CCC1)c1ccccc1F.